The summed E-state index contributed by atoms with van der Waals surface area (Å²) in [6.07, 6.45) is 1.49. The van der Waals surface area contributed by atoms with Gasteiger partial charge in [-0.3, -0.25) is 24.1 Å². The Morgan fingerprint density at radius 3 is 2.38 bits per heavy atom. The Bertz CT molecular complexity index is 969. The second-order valence-corrected chi connectivity index (χ2v) is 6.08. The number of amides is 6. The van der Waals surface area contributed by atoms with Crippen molar-refractivity contribution in [2.45, 2.75) is 13.5 Å². The van der Waals surface area contributed by atoms with Gasteiger partial charge in [0.25, 0.3) is 5.91 Å². The van der Waals surface area contributed by atoms with E-state index in [1.165, 1.54) is 18.4 Å². The summed E-state index contributed by atoms with van der Waals surface area (Å²) in [5, 5.41) is 5.17. The molecule has 6 amide bonds. The minimum absolute atomic E-state index is 0.0280. The van der Waals surface area contributed by atoms with Crippen LogP contribution < -0.4 is 10.6 Å². The summed E-state index contributed by atoms with van der Waals surface area (Å²) >= 11 is 0. The molecule has 0 radical (unpaired) electrons. The molecule has 1 saturated heterocycles. The number of urea groups is 1. The molecule has 10 nitrogen and oxygen atoms in total. The van der Waals surface area contributed by atoms with Crippen molar-refractivity contribution in [1.29, 1.82) is 0 Å². The van der Waals surface area contributed by atoms with Crippen LogP contribution >= 0.6 is 0 Å². The van der Waals surface area contributed by atoms with Crippen molar-refractivity contribution < 1.29 is 28.4 Å². The third-order valence-electron chi connectivity index (χ3n) is 4.20. The van der Waals surface area contributed by atoms with Crippen LogP contribution in [0, 0.1) is 0 Å². The number of likely N-dealkylation sites (N-methyl/N-ethyl adjacent to an activating group) is 1. The highest BCUT2D eigenvalue weighted by atomic mass is 16.3. The normalized spacial score (nSPS) is 13.8. The molecule has 150 valence electrons. The van der Waals surface area contributed by atoms with Gasteiger partial charge in [-0.1, -0.05) is 12.1 Å². The van der Waals surface area contributed by atoms with E-state index < -0.39 is 36.2 Å². The van der Waals surface area contributed by atoms with Crippen molar-refractivity contribution in [1.82, 2.24) is 15.1 Å². The summed E-state index contributed by atoms with van der Waals surface area (Å²) in [6, 6.07) is 8.83. The predicted octanol–water partition coefficient (Wildman–Crippen LogP) is 0.959. The molecule has 2 heterocycles. The van der Waals surface area contributed by atoms with E-state index in [-0.39, 0.29) is 24.3 Å². The maximum Gasteiger partial charge on any atom is 0.334 e. The average molecular weight is 398 g/mol. The van der Waals surface area contributed by atoms with Gasteiger partial charge in [0.05, 0.1) is 24.1 Å². The van der Waals surface area contributed by atoms with Gasteiger partial charge >= 0.3 is 17.8 Å². The topological polar surface area (TPSA) is 129 Å². The Hall–Kier alpha value is -3.95. The Morgan fingerprint density at radius 2 is 1.72 bits per heavy atom. The number of imide groups is 2. The van der Waals surface area contributed by atoms with Crippen molar-refractivity contribution in [2.75, 3.05) is 18.4 Å². The number of nitrogens with one attached hydrogen (secondary N) is 2. The SMILES string of the molecule is CCN1C(=O)C(=O)N(CC(=O)Nc2ccccc2C(=O)NCc2ccco2)C1=O. The van der Waals surface area contributed by atoms with Crippen LogP contribution in [0.2, 0.25) is 0 Å². The van der Waals surface area contributed by atoms with Crippen LogP contribution in [0.1, 0.15) is 23.0 Å². The van der Waals surface area contributed by atoms with E-state index in [9.17, 15) is 24.0 Å². The second kappa shape index (κ2) is 8.38. The number of carbonyl (C=O) groups is 5. The van der Waals surface area contributed by atoms with Crippen LogP contribution in [-0.4, -0.2) is 52.5 Å². The predicted molar refractivity (Wildman–Crippen MR) is 99.4 cm³/mol. The molecule has 0 saturated carbocycles. The third-order valence-corrected chi connectivity index (χ3v) is 4.20. The number of hydrogen-bond acceptors (Lipinski definition) is 6. The molecular formula is C19H18N4O6. The molecule has 3 rings (SSSR count). The van der Waals surface area contributed by atoms with E-state index in [2.05, 4.69) is 10.6 Å². The lowest BCUT2D eigenvalue weighted by Gasteiger charge is -2.15. The second-order valence-electron chi connectivity index (χ2n) is 6.08. The standard InChI is InChI=1S/C19H18N4O6/c1-2-22-17(26)18(27)23(19(22)28)11-15(24)21-14-8-4-3-7-13(14)16(25)20-10-12-6-5-9-29-12/h3-9H,2,10-11H2,1H3,(H,20,25)(H,21,24). The smallest absolute Gasteiger partial charge is 0.334 e. The molecular weight excluding hydrogens is 380 g/mol. The van der Waals surface area contributed by atoms with Gasteiger partial charge in [-0.15, -0.1) is 0 Å². The molecule has 1 fully saturated rings. The fourth-order valence-corrected chi connectivity index (χ4v) is 2.77. The van der Waals surface area contributed by atoms with Crippen LogP contribution in [0.4, 0.5) is 10.5 Å². The average Bonchev–Trinajstić information content (AvgIpc) is 3.30. The van der Waals surface area contributed by atoms with Crippen LogP contribution in [0.25, 0.3) is 0 Å². The number of anilines is 1. The molecule has 1 aromatic carbocycles. The zero-order valence-electron chi connectivity index (χ0n) is 15.5. The highest BCUT2D eigenvalue weighted by Gasteiger charge is 2.44. The van der Waals surface area contributed by atoms with Crippen LogP contribution in [0.15, 0.2) is 47.1 Å². The monoisotopic (exact) mass is 398 g/mol. The molecule has 0 spiro atoms. The lowest BCUT2D eigenvalue weighted by atomic mass is 10.1. The summed E-state index contributed by atoms with van der Waals surface area (Å²) in [5.74, 6) is -2.63. The van der Waals surface area contributed by atoms with Gasteiger partial charge in [-0.05, 0) is 31.2 Å². The van der Waals surface area contributed by atoms with Gasteiger partial charge in [-0.2, -0.15) is 0 Å². The molecule has 0 aliphatic carbocycles. The molecule has 1 aromatic heterocycles. The molecule has 2 N–H and O–H groups in total. The molecule has 0 atom stereocenters. The van der Waals surface area contributed by atoms with Gasteiger partial charge in [0, 0.05) is 6.54 Å². The van der Waals surface area contributed by atoms with Crippen LogP contribution in [0.3, 0.4) is 0 Å². The summed E-state index contributed by atoms with van der Waals surface area (Å²) in [5.41, 5.74) is 0.393. The molecule has 2 aromatic rings. The quantitative estimate of drug-likeness (QED) is 0.528. The van der Waals surface area contributed by atoms with E-state index in [0.29, 0.717) is 10.7 Å². The maximum absolute atomic E-state index is 12.4. The molecule has 0 bridgehead atoms. The van der Waals surface area contributed by atoms with E-state index in [1.54, 1.807) is 31.2 Å². The number of rotatable bonds is 7. The number of benzene rings is 1. The lowest BCUT2D eigenvalue weighted by molar-refractivity contribution is -0.143. The van der Waals surface area contributed by atoms with E-state index >= 15 is 0 Å². The number of furan rings is 1. The zero-order valence-corrected chi connectivity index (χ0v) is 15.5. The molecule has 29 heavy (non-hydrogen) atoms. The Labute approximate surface area is 165 Å². The number of nitrogens with zero attached hydrogens (tertiary/aromatic N) is 2. The first-order valence-electron chi connectivity index (χ1n) is 8.79. The lowest BCUT2D eigenvalue weighted by Crippen LogP contribution is -2.39. The number of carbonyl (C=O) groups excluding carboxylic acids is 5. The van der Waals surface area contributed by atoms with Gasteiger partial charge in [0.1, 0.15) is 12.3 Å². The highest BCUT2D eigenvalue weighted by Crippen LogP contribution is 2.16. The van der Waals surface area contributed by atoms with E-state index in [0.717, 1.165) is 4.90 Å². The molecule has 1 aliphatic rings. The van der Waals surface area contributed by atoms with E-state index in [1.807, 2.05) is 0 Å². The Morgan fingerprint density at radius 1 is 1.00 bits per heavy atom. The first-order chi connectivity index (χ1) is 13.9. The van der Waals surface area contributed by atoms with Gasteiger partial charge < -0.3 is 15.1 Å². The number of hydrogen-bond donors (Lipinski definition) is 2. The van der Waals surface area contributed by atoms with Crippen LogP contribution in [-0.2, 0) is 20.9 Å². The van der Waals surface area contributed by atoms with Gasteiger partial charge in [0.2, 0.25) is 5.91 Å². The van der Waals surface area contributed by atoms with Crippen molar-refractivity contribution in [3.63, 3.8) is 0 Å². The largest absolute Gasteiger partial charge is 0.467 e. The van der Waals surface area contributed by atoms with Gasteiger partial charge in [0.15, 0.2) is 0 Å². The zero-order chi connectivity index (χ0) is 21.0. The fourth-order valence-electron chi connectivity index (χ4n) is 2.77. The third kappa shape index (κ3) is 4.15. The summed E-state index contributed by atoms with van der Waals surface area (Å²) in [6.45, 7) is 1.10. The summed E-state index contributed by atoms with van der Waals surface area (Å²) < 4.78 is 5.15. The number of para-hydroxylation sites is 1. The van der Waals surface area contributed by atoms with Crippen molar-refractivity contribution >= 4 is 35.3 Å². The first-order valence-corrected chi connectivity index (χ1v) is 8.79. The molecule has 10 heteroatoms. The van der Waals surface area contributed by atoms with E-state index in [4.69, 9.17) is 4.42 Å². The fraction of sp³-hybridized carbons (Fsp3) is 0.211. The molecule has 0 unspecified atom stereocenters. The van der Waals surface area contributed by atoms with Gasteiger partial charge in [-0.25, -0.2) is 9.69 Å². The maximum atomic E-state index is 12.4. The Kier molecular flexibility index (Phi) is 5.72. The summed E-state index contributed by atoms with van der Waals surface area (Å²) in [7, 11) is 0. The Balaban J connectivity index is 1.66. The van der Waals surface area contributed by atoms with Crippen molar-refractivity contribution in [3.8, 4) is 0 Å². The minimum atomic E-state index is -1.06. The van der Waals surface area contributed by atoms with Crippen molar-refractivity contribution in [2.24, 2.45) is 0 Å². The molecule has 1 aliphatic heterocycles. The highest BCUT2D eigenvalue weighted by molar-refractivity contribution is 6.45. The summed E-state index contributed by atoms with van der Waals surface area (Å²) in [4.78, 5) is 61.8. The van der Waals surface area contributed by atoms with Crippen molar-refractivity contribution in [3.05, 3.63) is 54.0 Å². The minimum Gasteiger partial charge on any atom is -0.467 e. The first kappa shape index (κ1) is 19.8. The van der Waals surface area contributed by atoms with Crippen LogP contribution in [0.5, 0.6) is 0 Å².